The van der Waals surface area contributed by atoms with Crippen LogP contribution in [0, 0.1) is 5.92 Å². The highest BCUT2D eigenvalue weighted by Gasteiger charge is 2.01. The molecule has 0 bridgehead atoms. The first-order valence-corrected chi connectivity index (χ1v) is 6.51. The van der Waals surface area contributed by atoms with E-state index in [1.807, 2.05) is 0 Å². The Balaban J connectivity index is 3.18. The number of unbranched alkanes of at least 4 members (excludes halogenated alkanes) is 1. The van der Waals surface area contributed by atoms with Gasteiger partial charge >= 0.3 is 0 Å². The van der Waals surface area contributed by atoms with Crippen LogP contribution in [0.5, 0.6) is 0 Å². The Hall–Kier alpha value is -0.570. The van der Waals surface area contributed by atoms with Crippen LogP contribution >= 0.6 is 0 Å². The molecule has 0 saturated carbocycles. The number of ether oxygens (including phenoxy) is 1. The summed E-state index contributed by atoms with van der Waals surface area (Å²) < 4.78 is 5.28. The van der Waals surface area contributed by atoms with Crippen LogP contribution in [0.2, 0.25) is 0 Å². The lowest BCUT2D eigenvalue weighted by Gasteiger charge is -2.06. The van der Waals surface area contributed by atoms with Crippen molar-refractivity contribution in [2.24, 2.45) is 5.92 Å². The molecule has 0 atom stereocenters. The minimum absolute atomic E-state index is 0.156. The molecular formula is C13H27NO2. The molecule has 3 heteroatoms. The number of carbonyl (C=O) groups excluding carboxylic acids is 1. The average Bonchev–Trinajstić information content (AvgIpc) is 2.24. The molecule has 96 valence electrons. The zero-order valence-corrected chi connectivity index (χ0v) is 11.1. The van der Waals surface area contributed by atoms with E-state index < -0.39 is 0 Å². The summed E-state index contributed by atoms with van der Waals surface area (Å²) in [6.07, 6.45) is 5.05. The molecule has 0 rings (SSSR count). The van der Waals surface area contributed by atoms with E-state index in [0.29, 0.717) is 19.6 Å². The second-order valence-corrected chi connectivity index (χ2v) is 4.60. The summed E-state index contributed by atoms with van der Waals surface area (Å²) in [7, 11) is 0. The third-order valence-corrected chi connectivity index (χ3v) is 2.35. The van der Waals surface area contributed by atoms with Crippen LogP contribution in [0.25, 0.3) is 0 Å². The number of amides is 1. The Morgan fingerprint density at radius 1 is 1.25 bits per heavy atom. The molecule has 0 aliphatic rings. The van der Waals surface area contributed by atoms with Gasteiger partial charge in [-0.05, 0) is 18.8 Å². The van der Waals surface area contributed by atoms with Crippen molar-refractivity contribution in [1.82, 2.24) is 5.32 Å². The minimum atomic E-state index is 0.156. The van der Waals surface area contributed by atoms with Crippen LogP contribution in [-0.2, 0) is 9.53 Å². The summed E-state index contributed by atoms with van der Waals surface area (Å²) in [4.78, 5) is 11.4. The maximum absolute atomic E-state index is 11.4. The van der Waals surface area contributed by atoms with Crippen LogP contribution in [0.3, 0.4) is 0 Å². The number of hydrogen-bond acceptors (Lipinski definition) is 2. The summed E-state index contributed by atoms with van der Waals surface area (Å²) in [5.41, 5.74) is 0. The molecule has 0 spiro atoms. The molecule has 0 unspecified atom stereocenters. The zero-order chi connectivity index (χ0) is 12.2. The largest absolute Gasteiger partial charge is 0.380 e. The Morgan fingerprint density at radius 3 is 2.62 bits per heavy atom. The van der Waals surface area contributed by atoms with Crippen molar-refractivity contribution >= 4 is 5.91 Å². The summed E-state index contributed by atoms with van der Waals surface area (Å²) in [6, 6.07) is 0. The molecule has 1 N–H and O–H groups in total. The van der Waals surface area contributed by atoms with Gasteiger partial charge in [0, 0.05) is 19.6 Å². The first-order valence-electron chi connectivity index (χ1n) is 6.51. The molecule has 0 heterocycles. The fourth-order valence-corrected chi connectivity index (χ4v) is 1.44. The van der Waals surface area contributed by atoms with Gasteiger partial charge in [-0.15, -0.1) is 0 Å². The van der Waals surface area contributed by atoms with E-state index in [1.165, 1.54) is 6.42 Å². The maximum atomic E-state index is 11.4. The predicted octanol–water partition coefficient (Wildman–Crippen LogP) is 2.75. The molecule has 16 heavy (non-hydrogen) atoms. The minimum Gasteiger partial charge on any atom is -0.380 e. The van der Waals surface area contributed by atoms with E-state index in [2.05, 4.69) is 26.1 Å². The second-order valence-electron chi connectivity index (χ2n) is 4.60. The van der Waals surface area contributed by atoms with Gasteiger partial charge in [-0.1, -0.05) is 33.6 Å². The lowest BCUT2D eigenvalue weighted by Crippen LogP contribution is -2.27. The standard InChI is InChI=1S/C13H27NO2/c1-4-10-16-11-9-14-13(15)8-6-5-7-12(2)3/h12H,4-11H2,1-3H3,(H,14,15). The van der Waals surface area contributed by atoms with Crippen molar-refractivity contribution in [2.75, 3.05) is 19.8 Å². The van der Waals surface area contributed by atoms with Gasteiger partial charge in [0.05, 0.1) is 6.61 Å². The van der Waals surface area contributed by atoms with Crippen LogP contribution in [0.4, 0.5) is 0 Å². The Labute approximate surface area is 99.9 Å². The van der Waals surface area contributed by atoms with Crippen molar-refractivity contribution in [3.05, 3.63) is 0 Å². The Morgan fingerprint density at radius 2 is 2.00 bits per heavy atom. The number of nitrogens with one attached hydrogen (secondary N) is 1. The molecule has 0 aromatic carbocycles. The molecule has 0 radical (unpaired) electrons. The maximum Gasteiger partial charge on any atom is 0.220 e. The summed E-state index contributed by atoms with van der Waals surface area (Å²) >= 11 is 0. The van der Waals surface area contributed by atoms with Crippen LogP contribution in [0.1, 0.15) is 52.9 Å². The number of rotatable bonds is 10. The van der Waals surface area contributed by atoms with Crippen molar-refractivity contribution < 1.29 is 9.53 Å². The van der Waals surface area contributed by atoms with E-state index in [0.717, 1.165) is 31.8 Å². The normalized spacial score (nSPS) is 10.8. The van der Waals surface area contributed by atoms with Gasteiger partial charge < -0.3 is 10.1 Å². The Bertz CT molecular complexity index is 169. The highest BCUT2D eigenvalue weighted by molar-refractivity contribution is 5.75. The number of hydrogen-bond donors (Lipinski definition) is 1. The van der Waals surface area contributed by atoms with E-state index >= 15 is 0 Å². The lowest BCUT2D eigenvalue weighted by molar-refractivity contribution is -0.121. The third-order valence-electron chi connectivity index (χ3n) is 2.35. The predicted molar refractivity (Wildman–Crippen MR) is 67.4 cm³/mol. The van der Waals surface area contributed by atoms with Crippen LogP contribution < -0.4 is 5.32 Å². The Kier molecular flexibility index (Phi) is 10.5. The summed E-state index contributed by atoms with van der Waals surface area (Å²) in [5, 5.41) is 2.87. The smallest absolute Gasteiger partial charge is 0.220 e. The van der Waals surface area contributed by atoms with Gasteiger partial charge in [0.2, 0.25) is 5.91 Å². The van der Waals surface area contributed by atoms with Crippen molar-refractivity contribution in [3.63, 3.8) is 0 Å². The van der Waals surface area contributed by atoms with Crippen molar-refractivity contribution in [2.45, 2.75) is 52.9 Å². The molecule has 1 amide bonds. The van der Waals surface area contributed by atoms with Gasteiger partial charge in [-0.3, -0.25) is 4.79 Å². The van der Waals surface area contributed by atoms with Crippen LogP contribution in [-0.4, -0.2) is 25.7 Å². The van der Waals surface area contributed by atoms with E-state index in [1.54, 1.807) is 0 Å². The topological polar surface area (TPSA) is 38.3 Å². The van der Waals surface area contributed by atoms with Gasteiger partial charge in [0.1, 0.15) is 0 Å². The number of carbonyl (C=O) groups is 1. The zero-order valence-electron chi connectivity index (χ0n) is 11.1. The van der Waals surface area contributed by atoms with E-state index in [9.17, 15) is 4.79 Å². The molecule has 0 aliphatic heterocycles. The summed E-state index contributed by atoms with van der Waals surface area (Å²) in [6.45, 7) is 8.56. The van der Waals surface area contributed by atoms with Crippen molar-refractivity contribution in [3.8, 4) is 0 Å². The van der Waals surface area contributed by atoms with E-state index in [-0.39, 0.29) is 5.91 Å². The van der Waals surface area contributed by atoms with Gasteiger partial charge in [-0.25, -0.2) is 0 Å². The highest BCUT2D eigenvalue weighted by Crippen LogP contribution is 2.07. The SMILES string of the molecule is CCCOCCNC(=O)CCCCC(C)C. The third kappa shape index (κ3) is 11.5. The van der Waals surface area contributed by atoms with Gasteiger partial charge in [-0.2, -0.15) is 0 Å². The van der Waals surface area contributed by atoms with Gasteiger partial charge in [0.25, 0.3) is 0 Å². The molecule has 3 nitrogen and oxygen atoms in total. The first-order chi connectivity index (χ1) is 7.66. The summed E-state index contributed by atoms with van der Waals surface area (Å²) in [5.74, 6) is 0.898. The molecular weight excluding hydrogens is 202 g/mol. The second kappa shape index (κ2) is 10.9. The van der Waals surface area contributed by atoms with Crippen LogP contribution in [0.15, 0.2) is 0 Å². The lowest BCUT2D eigenvalue weighted by atomic mass is 10.1. The molecule has 0 saturated heterocycles. The molecule has 0 fully saturated rings. The average molecular weight is 229 g/mol. The monoisotopic (exact) mass is 229 g/mol. The highest BCUT2D eigenvalue weighted by atomic mass is 16.5. The van der Waals surface area contributed by atoms with E-state index in [4.69, 9.17) is 4.74 Å². The first kappa shape index (κ1) is 15.4. The van der Waals surface area contributed by atoms with Crippen molar-refractivity contribution in [1.29, 1.82) is 0 Å². The fourth-order valence-electron chi connectivity index (χ4n) is 1.44. The molecule has 0 aromatic rings. The fraction of sp³-hybridized carbons (Fsp3) is 0.923. The quantitative estimate of drug-likeness (QED) is 0.585. The molecule has 0 aromatic heterocycles. The molecule has 0 aliphatic carbocycles. The van der Waals surface area contributed by atoms with Gasteiger partial charge in [0.15, 0.2) is 0 Å².